The van der Waals surface area contributed by atoms with Gasteiger partial charge in [-0.05, 0) is 47.3 Å². The van der Waals surface area contributed by atoms with Crippen molar-refractivity contribution in [1.29, 1.82) is 0 Å². The number of furan rings is 1. The second-order valence-electron chi connectivity index (χ2n) is 4.12. The van der Waals surface area contributed by atoms with Crippen LogP contribution >= 0.6 is 15.9 Å². The van der Waals surface area contributed by atoms with Crippen LogP contribution < -0.4 is 5.73 Å². The standard InChI is InChI=1S/C10H12BrNO3/c1-5-2-7(11)15-8(5)10(9(13)14)3-6(12)4-10/h2,6H,3-4,12H2,1H3,(H,13,14). The maximum atomic E-state index is 11.3. The number of carboxylic acid groups (broad SMARTS) is 1. The van der Waals surface area contributed by atoms with Gasteiger partial charge in [0.05, 0.1) is 0 Å². The van der Waals surface area contributed by atoms with E-state index in [1.54, 1.807) is 6.07 Å². The number of carbonyl (C=O) groups is 1. The molecule has 1 aliphatic rings. The van der Waals surface area contributed by atoms with Crippen molar-refractivity contribution >= 4 is 21.9 Å². The van der Waals surface area contributed by atoms with E-state index >= 15 is 0 Å². The average Bonchev–Trinajstić information content (AvgIpc) is 2.39. The highest BCUT2D eigenvalue weighted by atomic mass is 79.9. The van der Waals surface area contributed by atoms with Crippen LogP contribution in [0.1, 0.15) is 24.2 Å². The predicted octanol–water partition coefficient (Wildman–Crippen LogP) is 1.79. The maximum absolute atomic E-state index is 11.3. The van der Waals surface area contributed by atoms with E-state index in [-0.39, 0.29) is 6.04 Å². The summed E-state index contributed by atoms with van der Waals surface area (Å²) < 4.78 is 5.98. The number of nitrogens with two attached hydrogens (primary N) is 1. The van der Waals surface area contributed by atoms with Crippen molar-refractivity contribution < 1.29 is 14.3 Å². The Morgan fingerprint density at radius 2 is 2.33 bits per heavy atom. The molecule has 0 radical (unpaired) electrons. The van der Waals surface area contributed by atoms with Crippen molar-refractivity contribution in [2.24, 2.45) is 5.73 Å². The Kier molecular flexibility index (Phi) is 2.39. The molecule has 1 aromatic rings. The summed E-state index contributed by atoms with van der Waals surface area (Å²) in [7, 11) is 0. The second kappa shape index (κ2) is 3.35. The fraction of sp³-hybridized carbons (Fsp3) is 0.500. The van der Waals surface area contributed by atoms with Crippen LogP contribution in [-0.4, -0.2) is 17.1 Å². The van der Waals surface area contributed by atoms with Crippen molar-refractivity contribution in [2.45, 2.75) is 31.2 Å². The smallest absolute Gasteiger partial charge is 0.317 e. The Morgan fingerprint density at radius 3 is 2.67 bits per heavy atom. The summed E-state index contributed by atoms with van der Waals surface area (Å²) >= 11 is 3.20. The first-order valence-corrected chi connectivity index (χ1v) is 5.50. The Balaban J connectivity index is 2.43. The largest absolute Gasteiger partial charge is 0.480 e. The molecule has 2 rings (SSSR count). The minimum absolute atomic E-state index is 0.0376. The quantitative estimate of drug-likeness (QED) is 0.862. The molecule has 82 valence electrons. The minimum Gasteiger partial charge on any atom is -0.480 e. The number of aryl methyl sites for hydroxylation is 1. The molecule has 0 saturated heterocycles. The van der Waals surface area contributed by atoms with Crippen LogP contribution in [0.2, 0.25) is 0 Å². The number of carboxylic acids is 1. The van der Waals surface area contributed by atoms with E-state index in [0.29, 0.717) is 23.3 Å². The molecule has 15 heavy (non-hydrogen) atoms. The molecule has 0 amide bonds. The van der Waals surface area contributed by atoms with Gasteiger partial charge in [0.25, 0.3) is 0 Å². The Labute approximate surface area is 95.6 Å². The first-order chi connectivity index (χ1) is 6.95. The van der Waals surface area contributed by atoms with E-state index in [1.807, 2.05) is 6.92 Å². The van der Waals surface area contributed by atoms with E-state index < -0.39 is 11.4 Å². The van der Waals surface area contributed by atoms with Crippen LogP contribution in [0.4, 0.5) is 0 Å². The van der Waals surface area contributed by atoms with Crippen molar-refractivity contribution in [2.75, 3.05) is 0 Å². The first-order valence-electron chi connectivity index (χ1n) is 4.71. The first kappa shape index (κ1) is 10.7. The van der Waals surface area contributed by atoms with Gasteiger partial charge in [-0.15, -0.1) is 0 Å². The van der Waals surface area contributed by atoms with E-state index in [1.165, 1.54) is 0 Å². The zero-order valence-corrected chi connectivity index (χ0v) is 9.87. The third kappa shape index (κ3) is 1.50. The molecule has 1 aromatic heterocycles. The summed E-state index contributed by atoms with van der Waals surface area (Å²) in [5.41, 5.74) is 5.62. The number of hydrogen-bond donors (Lipinski definition) is 2. The van der Waals surface area contributed by atoms with Gasteiger partial charge >= 0.3 is 5.97 Å². The van der Waals surface area contributed by atoms with Crippen LogP contribution in [-0.2, 0) is 10.2 Å². The average molecular weight is 274 g/mol. The highest BCUT2D eigenvalue weighted by Crippen LogP contribution is 2.45. The van der Waals surface area contributed by atoms with Gasteiger partial charge < -0.3 is 15.3 Å². The van der Waals surface area contributed by atoms with Crippen LogP contribution in [0.3, 0.4) is 0 Å². The second-order valence-corrected chi connectivity index (χ2v) is 4.90. The zero-order chi connectivity index (χ0) is 11.2. The van der Waals surface area contributed by atoms with Gasteiger partial charge in [0.1, 0.15) is 11.2 Å². The number of halogens is 1. The molecule has 1 aliphatic carbocycles. The van der Waals surface area contributed by atoms with E-state index in [9.17, 15) is 9.90 Å². The van der Waals surface area contributed by atoms with Crippen LogP contribution in [0.5, 0.6) is 0 Å². The topological polar surface area (TPSA) is 76.5 Å². The van der Waals surface area contributed by atoms with Crippen LogP contribution in [0.25, 0.3) is 0 Å². The molecule has 5 heteroatoms. The number of rotatable bonds is 2. The van der Waals surface area contributed by atoms with Crippen molar-refractivity contribution in [3.63, 3.8) is 0 Å². The Morgan fingerprint density at radius 1 is 1.73 bits per heavy atom. The normalized spacial score (nSPS) is 29.9. The molecule has 0 spiro atoms. The lowest BCUT2D eigenvalue weighted by Gasteiger charge is -2.41. The summed E-state index contributed by atoms with van der Waals surface area (Å²) in [5, 5.41) is 9.26. The van der Waals surface area contributed by atoms with Gasteiger partial charge in [0.15, 0.2) is 4.67 Å². The lowest BCUT2D eigenvalue weighted by Crippen LogP contribution is -2.54. The van der Waals surface area contributed by atoms with E-state index in [0.717, 1.165) is 5.56 Å². The lowest BCUT2D eigenvalue weighted by atomic mass is 9.63. The Bertz CT molecular complexity index is 407. The lowest BCUT2D eigenvalue weighted by molar-refractivity contribution is -0.149. The monoisotopic (exact) mass is 273 g/mol. The summed E-state index contributed by atoms with van der Waals surface area (Å²) in [5.74, 6) is -0.322. The molecule has 0 aromatic carbocycles. The molecule has 1 saturated carbocycles. The fourth-order valence-electron chi connectivity index (χ4n) is 2.21. The zero-order valence-electron chi connectivity index (χ0n) is 8.29. The summed E-state index contributed by atoms with van der Waals surface area (Å²) in [6.07, 6.45) is 0.895. The molecule has 3 N–H and O–H groups in total. The van der Waals surface area contributed by atoms with Gasteiger partial charge in [-0.25, -0.2) is 0 Å². The number of hydrogen-bond acceptors (Lipinski definition) is 3. The summed E-state index contributed by atoms with van der Waals surface area (Å²) in [4.78, 5) is 11.3. The highest BCUT2D eigenvalue weighted by molar-refractivity contribution is 9.10. The third-order valence-corrected chi connectivity index (χ3v) is 3.34. The number of aliphatic carboxylic acids is 1. The van der Waals surface area contributed by atoms with Gasteiger partial charge in [0, 0.05) is 6.04 Å². The van der Waals surface area contributed by atoms with E-state index in [2.05, 4.69) is 15.9 Å². The molecule has 4 nitrogen and oxygen atoms in total. The molecule has 1 heterocycles. The van der Waals surface area contributed by atoms with Crippen LogP contribution in [0, 0.1) is 6.92 Å². The van der Waals surface area contributed by atoms with Gasteiger partial charge in [-0.2, -0.15) is 0 Å². The molecule has 0 unspecified atom stereocenters. The van der Waals surface area contributed by atoms with Crippen LogP contribution in [0.15, 0.2) is 15.2 Å². The van der Waals surface area contributed by atoms with Gasteiger partial charge in [0.2, 0.25) is 0 Å². The Hall–Kier alpha value is -0.810. The van der Waals surface area contributed by atoms with E-state index in [4.69, 9.17) is 10.2 Å². The molecule has 0 atom stereocenters. The van der Waals surface area contributed by atoms with Gasteiger partial charge in [-0.3, -0.25) is 4.79 Å². The molecule has 0 aliphatic heterocycles. The molecule has 0 bridgehead atoms. The molecular formula is C10H12BrNO3. The fourth-order valence-corrected chi connectivity index (χ4v) is 2.72. The molecule has 1 fully saturated rings. The summed E-state index contributed by atoms with van der Waals surface area (Å²) in [6.45, 7) is 1.85. The van der Waals surface area contributed by atoms with Crippen molar-refractivity contribution in [3.05, 3.63) is 22.1 Å². The summed E-state index contributed by atoms with van der Waals surface area (Å²) in [6, 6.07) is 1.74. The molecular weight excluding hydrogens is 262 g/mol. The SMILES string of the molecule is Cc1cc(Br)oc1C1(C(=O)O)CC(N)C1. The van der Waals surface area contributed by atoms with Crippen molar-refractivity contribution in [1.82, 2.24) is 0 Å². The highest BCUT2D eigenvalue weighted by Gasteiger charge is 2.53. The van der Waals surface area contributed by atoms with Crippen molar-refractivity contribution in [3.8, 4) is 0 Å². The maximum Gasteiger partial charge on any atom is 0.317 e. The van der Waals surface area contributed by atoms with Gasteiger partial charge in [-0.1, -0.05) is 0 Å². The minimum atomic E-state index is -0.907. The predicted molar refractivity (Wildman–Crippen MR) is 57.7 cm³/mol. The third-order valence-electron chi connectivity index (χ3n) is 2.95.